The molecule has 1 fully saturated rings. The fourth-order valence-electron chi connectivity index (χ4n) is 3.62. The molecule has 4 nitrogen and oxygen atoms in total. The molecule has 3 heterocycles. The number of carbonyl (C=O) groups excluding carboxylic acids is 1. The summed E-state index contributed by atoms with van der Waals surface area (Å²) in [5.41, 5.74) is 1.30. The van der Waals surface area contributed by atoms with E-state index in [9.17, 15) is 4.79 Å². The van der Waals surface area contributed by atoms with Crippen LogP contribution in [0.4, 0.5) is 0 Å². The molecule has 3 rings (SSSR count). The summed E-state index contributed by atoms with van der Waals surface area (Å²) in [6.07, 6.45) is 5.14. The maximum atomic E-state index is 12.1. The maximum absolute atomic E-state index is 12.1. The maximum Gasteiger partial charge on any atom is 0.222 e. The number of carbonyl (C=O) groups is 1. The molecule has 1 aromatic heterocycles. The Bertz CT molecular complexity index is 562. The second-order valence-corrected chi connectivity index (χ2v) is 8.38. The summed E-state index contributed by atoms with van der Waals surface area (Å²) >= 11 is 1.79. The Hall–Kier alpha value is -1.07. The minimum atomic E-state index is 0.290. The summed E-state index contributed by atoms with van der Waals surface area (Å²) < 4.78 is 6.27. The van der Waals surface area contributed by atoms with E-state index in [1.807, 2.05) is 4.90 Å². The third-order valence-electron chi connectivity index (χ3n) is 5.15. The average molecular weight is 351 g/mol. The van der Waals surface area contributed by atoms with E-state index >= 15 is 0 Å². The van der Waals surface area contributed by atoms with Crippen LogP contribution in [0.25, 0.3) is 0 Å². The van der Waals surface area contributed by atoms with Gasteiger partial charge in [-0.2, -0.15) is 0 Å². The van der Waals surface area contributed by atoms with Crippen molar-refractivity contribution in [2.45, 2.75) is 71.6 Å². The number of rotatable bonds is 5. The molecule has 0 aromatic carbocycles. The zero-order valence-corrected chi connectivity index (χ0v) is 16.0. The van der Waals surface area contributed by atoms with Crippen molar-refractivity contribution < 1.29 is 9.53 Å². The minimum Gasteiger partial charge on any atom is -0.481 e. The van der Waals surface area contributed by atoms with E-state index in [1.54, 1.807) is 11.3 Å². The van der Waals surface area contributed by atoms with E-state index in [0.29, 0.717) is 18.6 Å². The zero-order chi connectivity index (χ0) is 17.1. The lowest BCUT2D eigenvalue weighted by Gasteiger charge is -2.34. The second kappa shape index (κ2) is 7.87. The Morgan fingerprint density at radius 1 is 1.33 bits per heavy atom. The molecule has 0 unspecified atom stereocenters. The average Bonchev–Trinajstić information content (AvgIpc) is 2.96. The van der Waals surface area contributed by atoms with E-state index in [-0.39, 0.29) is 5.91 Å². The van der Waals surface area contributed by atoms with Crippen molar-refractivity contribution >= 4 is 17.2 Å². The number of hydrogen-bond donors (Lipinski definition) is 0. The highest BCUT2D eigenvalue weighted by molar-refractivity contribution is 7.14. The molecular formula is C19H30N2O2S. The molecule has 1 amide bonds. The van der Waals surface area contributed by atoms with Gasteiger partial charge in [0.2, 0.25) is 5.91 Å². The monoisotopic (exact) mass is 350 g/mol. The molecule has 0 radical (unpaired) electrons. The second-order valence-electron chi connectivity index (χ2n) is 7.28. The van der Waals surface area contributed by atoms with Gasteiger partial charge < -0.3 is 14.5 Å². The summed E-state index contributed by atoms with van der Waals surface area (Å²) in [6.45, 7) is 10.5. The van der Waals surface area contributed by atoms with Crippen molar-refractivity contribution in [3.8, 4) is 5.06 Å². The van der Waals surface area contributed by atoms with Crippen LogP contribution in [0.3, 0.4) is 0 Å². The van der Waals surface area contributed by atoms with Crippen LogP contribution in [0.5, 0.6) is 5.06 Å². The van der Waals surface area contributed by atoms with Crippen molar-refractivity contribution in [2.75, 3.05) is 19.6 Å². The minimum absolute atomic E-state index is 0.290. The molecule has 5 heteroatoms. The normalized spacial score (nSPS) is 19.6. The van der Waals surface area contributed by atoms with Crippen molar-refractivity contribution in [2.24, 2.45) is 0 Å². The molecule has 24 heavy (non-hydrogen) atoms. The van der Waals surface area contributed by atoms with E-state index < -0.39 is 0 Å². The van der Waals surface area contributed by atoms with Crippen LogP contribution in [0, 0.1) is 0 Å². The Morgan fingerprint density at radius 2 is 2.08 bits per heavy atom. The van der Waals surface area contributed by atoms with Crippen LogP contribution in [0.2, 0.25) is 0 Å². The number of ether oxygens (including phenoxy) is 1. The van der Waals surface area contributed by atoms with Gasteiger partial charge in [0, 0.05) is 43.5 Å². The van der Waals surface area contributed by atoms with E-state index in [2.05, 4.69) is 31.7 Å². The van der Waals surface area contributed by atoms with E-state index in [1.165, 1.54) is 10.4 Å². The molecule has 0 aliphatic carbocycles. The van der Waals surface area contributed by atoms with E-state index in [0.717, 1.165) is 56.9 Å². The molecule has 0 atom stereocenters. The summed E-state index contributed by atoms with van der Waals surface area (Å²) in [6, 6.07) is 2.81. The molecule has 1 aromatic rings. The Kier molecular flexibility index (Phi) is 5.82. The summed E-state index contributed by atoms with van der Waals surface area (Å²) in [5, 5.41) is 1.05. The van der Waals surface area contributed by atoms with Crippen molar-refractivity contribution in [1.29, 1.82) is 0 Å². The molecule has 134 valence electrons. The number of fused-ring (bicyclic) bond motifs is 1. The van der Waals surface area contributed by atoms with Crippen molar-refractivity contribution in [3.05, 3.63) is 16.5 Å². The van der Waals surface area contributed by atoms with E-state index in [4.69, 9.17) is 4.74 Å². The third-order valence-corrected chi connectivity index (χ3v) is 6.28. The Balaban J connectivity index is 1.55. The molecule has 0 bridgehead atoms. The quantitative estimate of drug-likeness (QED) is 0.812. The third kappa shape index (κ3) is 4.12. The summed E-state index contributed by atoms with van der Waals surface area (Å²) in [4.78, 5) is 18.0. The number of amides is 1. The van der Waals surface area contributed by atoms with Gasteiger partial charge in [-0.15, -0.1) is 11.3 Å². The van der Waals surface area contributed by atoms with Crippen LogP contribution in [0.15, 0.2) is 6.07 Å². The SMILES string of the molecule is CCCC(=O)N1CCc2sc(OC3CCN(C(C)C)CC3)cc2C1. The van der Waals surface area contributed by atoms with Crippen LogP contribution < -0.4 is 4.74 Å². The number of piperidine rings is 1. The predicted octanol–water partition coefficient (Wildman–Crippen LogP) is 3.68. The number of thiophene rings is 1. The van der Waals surface area contributed by atoms with Crippen LogP contribution in [-0.2, 0) is 17.8 Å². The van der Waals surface area contributed by atoms with Gasteiger partial charge in [0.05, 0.1) is 0 Å². The number of hydrogen-bond acceptors (Lipinski definition) is 4. The lowest BCUT2D eigenvalue weighted by molar-refractivity contribution is -0.132. The van der Waals surface area contributed by atoms with Gasteiger partial charge in [-0.3, -0.25) is 4.79 Å². The lowest BCUT2D eigenvalue weighted by atomic mass is 10.1. The first-order chi connectivity index (χ1) is 11.6. The first-order valence-corrected chi connectivity index (χ1v) is 10.2. The molecule has 2 aliphatic rings. The molecule has 0 saturated carbocycles. The lowest BCUT2D eigenvalue weighted by Crippen LogP contribution is -2.41. The van der Waals surface area contributed by atoms with Gasteiger partial charge in [0.15, 0.2) is 5.06 Å². The van der Waals surface area contributed by atoms with Crippen LogP contribution >= 0.6 is 11.3 Å². The molecule has 1 saturated heterocycles. The highest BCUT2D eigenvalue weighted by atomic mass is 32.1. The topological polar surface area (TPSA) is 32.8 Å². The smallest absolute Gasteiger partial charge is 0.222 e. The first-order valence-electron chi connectivity index (χ1n) is 9.37. The fourth-order valence-corrected chi connectivity index (χ4v) is 4.70. The first kappa shape index (κ1) is 17.7. The largest absolute Gasteiger partial charge is 0.481 e. The molecular weight excluding hydrogens is 320 g/mol. The van der Waals surface area contributed by atoms with Crippen LogP contribution in [0.1, 0.15) is 56.9 Å². The van der Waals surface area contributed by atoms with Gasteiger partial charge in [-0.05, 0) is 51.2 Å². The molecule has 0 spiro atoms. The van der Waals surface area contributed by atoms with Crippen LogP contribution in [-0.4, -0.2) is 47.5 Å². The fraction of sp³-hybridized carbons (Fsp3) is 0.737. The molecule has 2 aliphatic heterocycles. The standard InChI is InChI=1S/C19H30N2O2S/c1-4-5-18(22)21-11-8-17-15(13-21)12-19(24-17)23-16-6-9-20(10-7-16)14(2)3/h12,14,16H,4-11,13H2,1-3H3. The summed E-state index contributed by atoms with van der Waals surface area (Å²) in [5.74, 6) is 0.290. The van der Waals surface area contributed by atoms with Gasteiger partial charge >= 0.3 is 0 Å². The Labute approximate surface area is 149 Å². The van der Waals surface area contributed by atoms with Crippen molar-refractivity contribution in [1.82, 2.24) is 9.80 Å². The summed E-state index contributed by atoms with van der Waals surface area (Å²) in [7, 11) is 0. The predicted molar refractivity (Wildman–Crippen MR) is 98.7 cm³/mol. The number of nitrogens with zero attached hydrogens (tertiary/aromatic N) is 2. The highest BCUT2D eigenvalue weighted by Gasteiger charge is 2.25. The van der Waals surface area contributed by atoms with Gasteiger partial charge in [0.1, 0.15) is 6.10 Å². The van der Waals surface area contributed by atoms with Gasteiger partial charge in [0.25, 0.3) is 0 Å². The van der Waals surface area contributed by atoms with Gasteiger partial charge in [-0.1, -0.05) is 6.92 Å². The highest BCUT2D eigenvalue weighted by Crippen LogP contribution is 2.35. The van der Waals surface area contributed by atoms with Gasteiger partial charge in [-0.25, -0.2) is 0 Å². The van der Waals surface area contributed by atoms with Crippen molar-refractivity contribution in [3.63, 3.8) is 0 Å². The molecule has 0 N–H and O–H groups in total. The zero-order valence-electron chi connectivity index (χ0n) is 15.2. The number of likely N-dealkylation sites (tertiary alicyclic amines) is 1. The Morgan fingerprint density at radius 3 is 2.75 bits per heavy atom.